The number of terminal acetylenes is 1. The van der Waals surface area contributed by atoms with E-state index in [0.717, 1.165) is 12.8 Å². The number of hydrogen-bond donors (Lipinski definition) is 5. The Kier molecular flexibility index (Phi) is 41.0. The zero-order valence-corrected chi connectivity index (χ0v) is 36.2. The fourth-order valence-corrected chi connectivity index (χ4v) is 5.74. The second kappa shape index (κ2) is 40.9. The van der Waals surface area contributed by atoms with Crippen molar-refractivity contribution in [3.05, 3.63) is 0 Å². The summed E-state index contributed by atoms with van der Waals surface area (Å²) in [7, 11) is 0. The minimum atomic E-state index is -1.05. The van der Waals surface area contributed by atoms with Gasteiger partial charge in [-0.15, -0.1) is 6.42 Å². The highest BCUT2D eigenvalue weighted by molar-refractivity contribution is 5.33. The Bertz CT molecular complexity index is 1060. The van der Waals surface area contributed by atoms with Crippen LogP contribution in [-0.4, -0.2) is 167 Å². The average Bonchev–Trinajstić information content (AvgIpc) is 3.22. The van der Waals surface area contributed by atoms with E-state index < -0.39 is 42.9 Å². The van der Waals surface area contributed by atoms with Crippen LogP contribution in [0.4, 0.5) is 0 Å². The number of rotatable bonds is 26. The number of aliphatic hydroxyl groups excluding tert-OH is 5. The van der Waals surface area contributed by atoms with Crippen molar-refractivity contribution in [1.82, 2.24) is 0 Å². The monoisotopic (exact) mass is 821 g/mol. The zero-order valence-electron chi connectivity index (χ0n) is 36.2. The topological polar surface area (TPSA) is 184 Å². The maximum atomic E-state index is 11.7. The molecule has 2 rings (SSSR count). The molecule has 14 heteroatoms. The molecule has 336 valence electrons. The third-order valence-corrected chi connectivity index (χ3v) is 8.64. The van der Waals surface area contributed by atoms with Gasteiger partial charge < -0.3 is 68.2 Å². The van der Waals surface area contributed by atoms with E-state index in [-0.39, 0.29) is 92.0 Å². The van der Waals surface area contributed by atoms with Crippen LogP contribution in [0.25, 0.3) is 0 Å². The molecule has 10 atom stereocenters. The van der Waals surface area contributed by atoms with E-state index in [1.165, 1.54) is 12.8 Å². The first kappa shape index (κ1) is 57.2. The van der Waals surface area contributed by atoms with Crippen LogP contribution in [0, 0.1) is 47.9 Å². The van der Waals surface area contributed by atoms with E-state index in [1.54, 1.807) is 6.92 Å². The predicted molar refractivity (Wildman–Crippen MR) is 221 cm³/mol. The summed E-state index contributed by atoms with van der Waals surface area (Å²) in [5, 5.41) is 48.9. The highest BCUT2D eigenvalue weighted by Crippen LogP contribution is 2.36. The summed E-state index contributed by atoms with van der Waals surface area (Å²) in [6, 6.07) is 0. The van der Waals surface area contributed by atoms with Gasteiger partial charge in [0.2, 0.25) is 0 Å². The normalized spacial score (nSPS) is 26.3. The van der Waals surface area contributed by atoms with Crippen LogP contribution < -0.4 is 0 Å². The van der Waals surface area contributed by atoms with E-state index in [0.29, 0.717) is 26.2 Å². The fraction of sp³-hybridized carbons (Fsp3) is 0.860. The summed E-state index contributed by atoms with van der Waals surface area (Å²) < 4.78 is 53.6. The average molecular weight is 821 g/mol. The molecule has 5 N–H and O–H groups in total. The van der Waals surface area contributed by atoms with Crippen LogP contribution in [0.15, 0.2) is 0 Å². The first-order chi connectivity index (χ1) is 27.8. The van der Waals surface area contributed by atoms with E-state index in [4.69, 9.17) is 54.2 Å². The number of ether oxygens (including phenoxy) is 9. The summed E-state index contributed by atoms with van der Waals surface area (Å²) in [5.74, 6) is 11.5. The zero-order chi connectivity index (χ0) is 43.1. The molecule has 14 nitrogen and oxygen atoms in total. The van der Waals surface area contributed by atoms with Gasteiger partial charge in [-0.25, -0.2) is 0 Å². The van der Waals surface area contributed by atoms with Crippen LogP contribution in [0.1, 0.15) is 88.9 Å². The lowest BCUT2D eigenvalue weighted by molar-refractivity contribution is -0.343. The second-order valence-corrected chi connectivity index (χ2v) is 12.9. The third kappa shape index (κ3) is 26.1. The molecule has 0 aromatic carbocycles. The van der Waals surface area contributed by atoms with Crippen molar-refractivity contribution < 1.29 is 69.6 Å². The van der Waals surface area contributed by atoms with Crippen molar-refractivity contribution in [2.45, 2.75) is 137 Å². The molecule has 2 saturated heterocycles. The van der Waals surface area contributed by atoms with Crippen molar-refractivity contribution in [3.63, 3.8) is 0 Å². The fourth-order valence-electron chi connectivity index (χ4n) is 5.74. The lowest BCUT2D eigenvalue weighted by Crippen LogP contribution is -2.62. The van der Waals surface area contributed by atoms with Crippen molar-refractivity contribution in [2.24, 2.45) is 11.8 Å². The summed E-state index contributed by atoms with van der Waals surface area (Å²) in [6.45, 7) is 17.8. The molecule has 2 aliphatic rings. The Labute approximate surface area is 346 Å². The molecule has 0 spiro atoms. The Hall–Kier alpha value is -1.88. The highest BCUT2D eigenvalue weighted by Gasteiger charge is 2.51. The Morgan fingerprint density at radius 3 is 1.77 bits per heavy atom. The molecule has 0 aromatic heterocycles. The molecule has 57 heavy (non-hydrogen) atoms. The molecule has 2 fully saturated rings. The molecule has 2 heterocycles. The van der Waals surface area contributed by atoms with Gasteiger partial charge in [-0.3, -0.25) is 0 Å². The van der Waals surface area contributed by atoms with Crippen molar-refractivity contribution in [2.75, 3.05) is 92.5 Å². The predicted octanol–water partition coefficient (Wildman–Crippen LogP) is 3.22. The molecule has 0 aliphatic carbocycles. The van der Waals surface area contributed by atoms with Gasteiger partial charge in [0.15, 0.2) is 6.29 Å². The quantitative estimate of drug-likeness (QED) is 0.0634. The summed E-state index contributed by atoms with van der Waals surface area (Å²) in [5.41, 5.74) is 0. The largest absolute Gasteiger partial charge is 0.394 e. The number of hydrogen-bond acceptors (Lipinski definition) is 14. The molecule has 0 aromatic rings. The lowest BCUT2D eigenvalue weighted by Gasteiger charge is -2.49. The van der Waals surface area contributed by atoms with Gasteiger partial charge in [0.05, 0.1) is 104 Å². The minimum absolute atomic E-state index is 0. The van der Waals surface area contributed by atoms with Crippen LogP contribution in [0.2, 0.25) is 0 Å². The second-order valence-electron chi connectivity index (χ2n) is 12.9. The maximum Gasteiger partial charge on any atom is 0.187 e. The first-order valence-electron chi connectivity index (χ1n) is 20.8. The third-order valence-electron chi connectivity index (χ3n) is 8.64. The molecule has 4 unspecified atom stereocenters. The van der Waals surface area contributed by atoms with Gasteiger partial charge in [0, 0.05) is 26.5 Å². The Balaban J connectivity index is -0.00000187. The summed E-state index contributed by atoms with van der Waals surface area (Å²) >= 11 is 0. The van der Waals surface area contributed by atoms with Gasteiger partial charge in [-0.1, -0.05) is 60.3 Å². The van der Waals surface area contributed by atoms with Crippen LogP contribution in [-0.2, 0) is 42.6 Å². The van der Waals surface area contributed by atoms with Crippen LogP contribution in [0.3, 0.4) is 0 Å². The molecule has 0 bridgehead atoms. The van der Waals surface area contributed by atoms with E-state index >= 15 is 0 Å². The molecular formula is C43H80O14. The number of aliphatic hydroxyl groups is 5. The first-order valence-corrected chi connectivity index (χ1v) is 20.8. The van der Waals surface area contributed by atoms with E-state index in [1.807, 2.05) is 27.7 Å². The molecule has 0 radical (unpaired) electrons. The SMILES string of the molecule is C#CC#CC#CC.CC.CCCC.CCCOCCCC1[C@H](C)OC(COCCO)[C@@H](O[C@@H]2OC(COCCOCCO)[C@@H](C)[C@H](OCCO)C2OCCO)[C@@H]1O.[HH]. The van der Waals surface area contributed by atoms with E-state index in [9.17, 15) is 20.4 Å². The minimum Gasteiger partial charge on any atom is -0.394 e. The van der Waals surface area contributed by atoms with Gasteiger partial charge in [-0.05, 0) is 56.8 Å². The molecule has 0 saturated carbocycles. The highest BCUT2D eigenvalue weighted by atomic mass is 16.7. The number of unbranched alkanes of at least 4 members (excludes halogenated alkanes) is 1. The van der Waals surface area contributed by atoms with Crippen molar-refractivity contribution in [1.29, 1.82) is 0 Å². The molecule has 2 aliphatic heterocycles. The van der Waals surface area contributed by atoms with Gasteiger partial charge in [0.1, 0.15) is 18.3 Å². The Morgan fingerprint density at radius 1 is 0.632 bits per heavy atom. The maximum absolute atomic E-state index is 11.7. The van der Waals surface area contributed by atoms with Gasteiger partial charge in [0.25, 0.3) is 0 Å². The van der Waals surface area contributed by atoms with Crippen LogP contribution >= 0.6 is 0 Å². The summed E-state index contributed by atoms with van der Waals surface area (Å²) in [6.07, 6.45) is 4.01. The smallest absolute Gasteiger partial charge is 0.187 e. The Morgan fingerprint density at radius 2 is 1.19 bits per heavy atom. The van der Waals surface area contributed by atoms with Crippen LogP contribution in [0.5, 0.6) is 0 Å². The molecule has 0 amide bonds. The van der Waals surface area contributed by atoms with Crippen molar-refractivity contribution >= 4 is 0 Å². The van der Waals surface area contributed by atoms with Gasteiger partial charge in [-0.2, -0.15) is 0 Å². The standard InChI is InChI=1S/C30H58O14.C7H4.C4H10.C2H6.H2/c1-4-11-36-12-5-6-23-22(3)42-25(20-38-14-8-32)28(26(23)35)44-30-29(41-16-10-34)27(40-15-9-33)21(2)24(43-30)19-39-18-17-37-13-7-31;1-3-5-7-6-4-2;1-3-4-2;1-2;/h21-35H,4-20H2,1-3H3;1H,2H3;3-4H2,1-2H3;1-2H3;1H/t21-,22+,23?,24?,25?,26-,27+,28-,29?,30+;;;;/m1..../s1. The van der Waals surface area contributed by atoms with Gasteiger partial charge >= 0.3 is 0 Å². The van der Waals surface area contributed by atoms with E-state index in [2.05, 4.69) is 50.4 Å². The summed E-state index contributed by atoms with van der Waals surface area (Å²) in [4.78, 5) is 0. The lowest BCUT2D eigenvalue weighted by atomic mass is 9.84. The van der Waals surface area contributed by atoms with Crippen molar-refractivity contribution in [3.8, 4) is 36.0 Å². The molecular weight excluding hydrogens is 740 g/mol.